The van der Waals surface area contributed by atoms with Crippen LogP contribution in [-0.2, 0) is 7.05 Å². The second-order valence-electron chi connectivity index (χ2n) is 4.34. The molecule has 0 aliphatic rings. The zero-order valence-electron chi connectivity index (χ0n) is 11.3. The Morgan fingerprint density at radius 3 is 2.74 bits per heavy atom. The number of aryl methyl sites for hydroxylation is 2. The van der Waals surface area contributed by atoms with Crippen molar-refractivity contribution < 1.29 is 4.39 Å². The van der Waals surface area contributed by atoms with E-state index in [0.717, 1.165) is 10.5 Å². The third-order valence-corrected chi connectivity index (χ3v) is 4.08. The zero-order chi connectivity index (χ0) is 14.0. The van der Waals surface area contributed by atoms with Gasteiger partial charge in [-0.05, 0) is 66.3 Å². The van der Waals surface area contributed by atoms with Crippen molar-refractivity contribution in [2.45, 2.75) is 29.9 Å². The number of rotatable bonds is 4. The summed E-state index contributed by atoms with van der Waals surface area (Å²) in [6, 6.07) is 3.46. The summed E-state index contributed by atoms with van der Waals surface area (Å²) < 4.78 is 15.3. The van der Waals surface area contributed by atoms with Crippen LogP contribution in [0, 0.1) is 12.7 Å². The quantitative estimate of drug-likeness (QED) is 0.930. The number of halogens is 1. The Hall–Kier alpha value is -1.47. The van der Waals surface area contributed by atoms with E-state index in [0.29, 0.717) is 10.7 Å². The minimum Gasteiger partial charge on any atom is -0.313 e. The van der Waals surface area contributed by atoms with Gasteiger partial charge < -0.3 is 5.32 Å². The maximum Gasteiger partial charge on any atom is 0.213 e. The van der Waals surface area contributed by atoms with Crippen LogP contribution in [0.15, 0.2) is 22.2 Å². The maximum atomic E-state index is 13.7. The van der Waals surface area contributed by atoms with Gasteiger partial charge in [0.2, 0.25) is 5.16 Å². The molecule has 7 heteroatoms. The molecular weight excluding hydrogens is 265 g/mol. The largest absolute Gasteiger partial charge is 0.313 e. The highest BCUT2D eigenvalue weighted by molar-refractivity contribution is 7.99. The van der Waals surface area contributed by atoms with E-state index in [-0.39, 0.29) is 11.9 Å². The average Bonchev–Trinajstić information content (AvgIpc) is 2.78. The van der Waals surface area contributed by atoms with Crippen LogP contribution in [0.1, 0.15) is 24.1 Å². The molecule has 0 radical (unpaired) electrons. The maximum absolute atomic E-state index is 13.7. The molecule has 102 valence electrons. The van der Waals surface area contributed by atoms with Crippen molar-refractivity contribution in [2.75, 3.05) is 7.05 Å². The third kappa shape index (κ3) is 2.93. The molecular formula is C12H16FN5S. The first-order chi connectivity index (χ1) is 9.02. The van der Waals surface area contributed by atoms with Crippen LogP contribution in [0.5, 0.6) is 0 Å². The van der Waals surface area contributed by atoms with E-state index in [1.54, 1.807) is 24.7 Å². The lowest BCUT2D eigenvalue weighted by Gasteiger charge is -2.16. The van der Waals surface area contributed by atoms with Crippen LogP contribution in [0.2, 0.25) is 0 Å². The predicted octanol–water partition coefficient (Wildman–Crippen LogP) is 2.09. The van der Waals surface area contributed by atoms with Crippen molar-refractivity contribution in [1.82, 2.24) is 25.5 Å². The zero-order valence-corrected chi connectivity index (χ0v) is 12.1. The van der Waals surface area contributed by atoms with Crippen molar-refractivity contribution in [3.63, 3.8) is 0 Å². The second-order valence-corrected chi connectivity index (χ2v) is 5.35. The minimum absolute atomic E-state index is 0.0544. The van der Waals surface area contributed by atoms with E-state index in [1.807, 2.05) is 20.0 Å². The molecule has 2 aromatic rings. The van der Waals surface area contributed by atoms with Gasteiger partial charge in [0.05, 0.1) is 0 Å². The smallest absolute Gasteiger partial charge is 0.213 e. The molecule has 0 fully saturated rings. The Bertz CT molecular complexity index is 583. The summed E-state index contributed by atoms with van der Waals surface area (Å²) in [4.78, 5) is 0.957. The average molecular weight is 281 g/mol. The Labute approximate surface area is 115 Å². The Balaban J connectivity index is 2.43. The molecule has 1 N–H and O–H groups in total. The molecule has 1 aromatic heterocycles. The molecule has 19 heavy (non-hydrogen) atoms. The lowest BCUT2D eigenvalue weighted by atomic mass is 10.1. The number of tetrazole rings is 1. The fourth-order valence-electron chi connectivity index (χ4n) is 1.66. The molecule has 1 heterocycles. The standard InChI is InChI=1S/C12H16FN5S/c1-7-5-11(19-12-15-16-17-18(12)4)9(6-10(7)13)8(2)14-3/h5-6,8,14H,1-4H3. The van der Waals surface area contributed by atoms with Crippen molar-refractivity contribution in [3.05, 3.63) is 29.1 Å². The van der Waals surface area contributed by atoms with E-state index in [1.165, 1.54) is 11.8 Å². The summed E-state index contributed by atoms with van der Waals surface area (Å²) >= 11 is 1.43. The lowest BCUT2D eigenvalue weighted by molar-refractivity contribution is 0.594. The van der Waals surface area contributed by atoms with Gasteiger partial charge in [-0.15, -0.1) is 5.10 Å². The van der Waals surface area contributed by atoms with E-state index in [9.17, 15) is 4.39 Å². The number of nitrogens with one attached hydrogen (secondary N) is 1. The van der Waals surface area contributed by atoms with Crippen molar-refractivity contribution in [1.29, 1.82) is 0 Å². The van der Waals surface area contributed by atoms with E-state index in [2.05, 4.69) is 20.8 Å². The van der Waals surface area contributed by atoms with Gasteiger partial charge in [0.1, 0.15) is 5.82 Å². The van der Waals surface area contributed by atoms with Crippen molar-refractivity contribution in [2.24, 2.45) is 7.05 Å². The molecule has 1 aromatic carbocycles. The Kier molecular flexibility index (Phi) is 4.16. The highest BCUT2D eigenvalue weighted by Gasteiger charge is 2.15. The van der Waals surface area contributed by atoms with Crippen molar-refractivity contribution >= 4 is 11.8 Å². The first kappa shape index (κ1) is 14.0. The van der Waals surface area contributed by atoms with Crippen LogP contribution in [0.4, 0.5) is 4.39 Å². The predicted molar refractivity (Wildman–Crippen MR) is 71.5 cm³/mol. The molecule has 0 aliphatic heterocycles. The summed E-state index contributed by atoms with van der Waals surface area (Å²) in [5, 5.41) is 15.1. The van der Waals surface area contributed by atoms with Gasteiger partial charge in [-0.1, -0.05) is 0 Å². The number of nitrogens with zero attached hydrogens (tertiary/aromatic N) is 4. The minimum atomic E-state index is -0.197. The third-order valence-electron chi connectivity index (χ3n) is 2.97. The van der Waals surface area contributed by atoms with Gasteiger partial charge in [0.25, 0.3) is 0 Å². The van der Waals surface area contributed by atoms with Crippen LogP contribution in [0.3, 0.4) is 0 Å². The van der Waals surface area contributed by atoms with Crippen LogP contribution in [-0.4, -0.2) is 27.3 Å². The molecule has 0 amide bonds. The molecule has 0 saturated heterocycles. The molecule has 0 aliphatic carbocycles. The van der Waals surface area contributed by atoms with Crippen molar-refractivity contribution in [3.8, 4) is 0 Å². The van der Waals surface area contributed by atoms with Crippen LogP contribution < -0.4 is 5.32 Å². The molecule has 0 spiro atoms. The molecule has 1 unspecified atom stereocenters. The number of hydrogen-bond acceptors (Lipinski definition) is 5. The fourth-order valence-corrected chi connectivity index (χ4v) is 2.69. The van der Waals surface area contributed by atoms with E-state index < -0.39 is 0 Å². The van der Waals surface area contributed by atoms with Gasteiger partial charge in [0.15, 0.2) is 0 Å². The molecule has 5 nitrogen and oxygen atoms in total. The summed E-state index contributed by atoms with van der Waals surface area (Å²) in [6.07, 6.45) is 0. The SMILES string of the molecule is CNC(C)c1cc(F)c(C)cc1Sc1nnnn1C. The molecule has 2 rings (SSSR count). The molecule has 1 atom stereocenters. The normalized spacial score (nSPS) is 12.7. The number of aromatic nitrogens is 4. The van der Waals surface area contributed by atoms with Gasteiger partial charge in [-0.2, -0.15) is 0 Å². The first-order valence-corrected chi connectivity index (χ1v) is 6.72. The van der Waals surface area contributed by atoms with Gasteiger partial charge in [-0.3, -0.25) is 0 Å². The van der Waals surface area contributed by atoms with Crippen LogP contribution in [0.25, 0.3) is 0 Å². The lowest BCUT2D eigenvalue weighted by Crippen LogP contribution is -2.14. The van der Waals surface area contributed by atoms with E-state index >= 15 is 0 Å². The topological polar surface area (TPSA) is 55.6 Å². The van der Waals surface area contributed by atoms with Crippen LogP contribution >= 0.6 is 11.8 Å². The Morgan fingerprint density at radius 2 is 2.16 bits per heavy atom. The highest BCUT2D eigenvalue weighted by atomic mass is 32.2. The summed E-state index contributed by atoms with van der Waals surface area (Å²) in [5.41, 5.74) is 1.52. The van der Waals surface area contributed by atoms with Gasteiger partial charge in [-0.25, -0.2) is 9.07 Å². The monoisotopic (exact) mass is 281 g/mol. The Morgan fingerprint density at radius 1 is 1.42 bits per heavy atom. The summed E-state index contributed by atoms with van der Waals surface area (Å²) in [5.74, 6) is -0.197. The fraction of sp³-hybridized carbons (Fsp3) is 0.417. The number of hydrogen-bond donors (Lipinski definition) is 1. The summed E-state index contributed by atoms with van der Waals surface area (Å²) in [6.45, 7) is 3.74. The summed E-state index contributed by atoms with van der Waals surface area (Å²) in [7, 11) is 3.63. The highest BCUT2D eigenvalue weighted by Crippen LogP contribution is 2.33. The van der Waals surface area contributed by atoms with E-state index in [4.69, 9.17) is 0 Å². The second kappa shape index (κ2) is 5.66. The molecule has 0 bridgehead atoms. The van der Waals surface area contributed by atoms with Gasteiger partial charge in [0, 0.05) is 18.0 Å². The van der Waals surface area contributed by atoms with Gasteiger partial charge >= 0.3 is 0 Å². The molecule has 0 saturated carbocycles. The first-order valence-electron chi connectivity index (χ1n) is 5.90. The number of benzene rings is 1.